The predicted octanol–water partition coefficient (Wildman–Crippen LogP) is 3.59. The summed E-state index contributed by atoms with van der Waals surface area (Å²) in [5.41, 5.74) is -0.00486. The smallest absolute Gasteiger partial charge is 0.255 e. The molecule has 0 aliphatic heterocycles. The van der Waals surface area contributed by atoms with Gasteiger partial charge in [0.1, 0.15) is 0 Å². The maximum Gasteiger partial charge on any atom is 0.324 e. The van der Waals surface area contributed by atoms with Crippen LogP contribution in [0.1, 0.15) is 32.6 Å². The first-order chi connectivity index (χ1) is 6.44. The van der Waals surface area contributed by atoms with E-state index in [4.69, 9.17) is 23.2 Å². The lowest BCUT2D eigenvalue weighted by molar-refractivity contribution is 0.187. The third-order valence-electron chi connectivity index (χ3n) is 2.77. The molecule has 1 aliphatic carbocycles. The third-order valence-corrected chi connectivity index (χ3v) is 3.18. The Morgan fingerprint density at radius 3 is 2.00 bits per heavy atom. The molecule has 0 aromatic carbocycles. The van der Waals surface area contributed by atoms with E-state index >= 15 is 0 Å². The Kier molecular flexibility index (Phi) is 3.78. The van der Waals surface area contributed by atoms with Gasteiger partial charge in [0, 0.05) is 6.54 Å². The Labute approximate surface area is 93.3 Å². The summed E-state index contributed by atoms with van der Waals surface area (Å²) in [5, 5.41) is -1.59. The minimum atomic E-state index is -0.793. The molecule has 0 heterocycles. The first kappa shape index (κ1) is 11.8. The zero-order valence-electron chi connectivity index (χ0n) is 8.06. The fourth-order valence-corrected chi connectivity index (χ4v) is 2.28. The number of hydrogen-bond acceptors (Lipinski definition) is 2. The molecule has 14 heavy (non-hydrogen) atoms. The Morgan fingerprint density at radius 1 is 1.21 bits per heavy atom. The summed E-state index contributed by atoms with van der Waals surface area (Å²) in [6.45, 7) is 2.38. The van der Waals surface area contributed by atoms with Gasteiger partial charge in [-0.25, -0.2) is 0 Å². The molecule has 0 spiro atoms. The zero-order chi connectivity index (χ0) is 10.8. The minimum Gasteiger partial charge on any atom is -0.255 e. The highest BCUT2D eigenvalue weighted by Gasteiger charge is 2.33. The average molecular weight is 238 g/mol. The van der Waals surface area contributed by atoms with Gasteiger partial charge in [0.05, 0.1) is 0 Å². The van der Waals surface area contributed by atoms with Gasteiger partial charge in [0.15, 0.2) is 0 Å². The highest BCUT2D eigenvalue weighted by Crippen LogP contribution is 2.38. The monoisotopic (exact) mass is 237 g/mol. The Balaban J connectivity index is 2.63. The number of imide groups is 1. The lowest BCUT2D eigenvalue weighted by Crippen LogP contribution is -2.37. The summed E-state index contributed by atoms with van der Waals surface area (Å²) in [7, 11) is 0. The number of nitrogens with zero attached hydrogens (tertiary/aromatic N) is 1. The molecule has 1 saturated carbocycles. The Bertz CT molecular complexity index is 235. The second-order valence-corrected chi connectivity index (χ2v) is 4.76. The Morgan fingerprint density at radius 2 is 1.64 bits per heavy atom. The van der Waals surface area contributed by atoms with E-state index in [0.717, 1.165) is 30.6 Å². The van der Waals surface area contributed by atoms with Crippen LogP contribution in [0.4, 0.5) is 9.59 Å². The van der Waals surface area contributed by atoms with Gasteiger partial charge in [0.25, 0.3) is 0 Å². The maximum absolute atomic E-state index is 10.9. The maximum atomic E-state index is 10.9. The van der Waals surface area contributed by atoms with E-state index in [9.17, 15) is 9.59 Å². The van der Waals surface area contributed by atoms with E-state index in [1.165, 1.54) is 0 Å². The van der Waals surface area contributed by atoms with Gasteiger partial charge in [0.2, 0.25) is 0 Å². The molecule has 0 N–H and O–H groups in total. The second kappa shape index (κ2) is 4.49. The second-order valence-electron chi connectivity index (χ2n) is 4.11. The van der Waals surface area contributed by atoms with Crippen molar-refractivity contribution in [3.63, 3.8) is 0 Å². The van der Waals surface area contributed by atoms with Crippen molar-refractivity contribution in [2.75, 3.05) is 6.54 Å². The molecule has 1 aliphatic rings. The van der Waals surface area contributed by atoms with Crippen molar-refractivity contribution in [1.29, 1.82) is 0 Å². The van der Waals surface area contributed by atoms with Crippen molar-refractivity contribution in [3.05, 3.63) is 0 Å². The van der Waals surface area contributed by atoms with E-state index in [0.29, 0.717) is 6.54 Å². The molecule has 0 atom stereocenters. The van der Waals surface area contributed by atoms with Gasteiger partial charge < -0.3 is 0 Å². The number of carbonyl (C=O) groups is 2. The predicted molar refractivity (Wildman–Crippen MR) is 55.8 cm³/mol. The molecule has 0 aromatic heterocycles. The van der Waals surface area contributed by atoms with E-state index in [1.807, 2.05) is 6.92 Å². The molecule has 0 radical (unpaired) electrons. The number of rotatable bonds is 2. The van der Waals surface area contributed by atoms with Crippen molar-refractivity contribution < 1.29 is 9.59 Å². The van der Waals surface area contributed by atoms with Crippen LogP contribution in [0.5, 0.6) is 0 Å². The van der Waals surface area contributed by atoms with E-state index in [-0.39, 0.29) is 5.41 Å². The Hall–Kier alpha value is -0.280. The van der Waals surface area contributed by atoms with Gasteiger partial charge in [-0.1, -0.05) is 19.8 Å². The van der Waals surface area contributed by atoms with Crippen molar-refractivity contribution in [3.8, 4) is 0 Å². The molecule has 2 amide bonds. The van der Waals surface area contributed by atoms with Crippen LogP contribution in [0, 0.1) is 5.41 Å². The number of halogens is 2. The van der Waals surface area contributed by atoms with Gasteiger partial charge in [-0.3, -0.25) is 14.5 Å². The third kappa shape index (κ3) is 2.85. The van der Waals surface area contributed by atoms with E-state index < -0.39 is 10.7 Å². The minimum absolute atomic E-state index is 0.00486. The fourth-order valence-electron chi connectivity index (χ4n) is 1.96. The lowest BCUT2D eigenvalue weighted by Gasteiger charge is -2.28. The SMILES string of the molecule is CC1(CN(C(=O)Cl)C(=O)Cl)CCCC1. The molecule has 0 unspecified atom stereocenters. The highest BCUT2D eigenvalue weighted by atomic mass is 35.5. The topological polar surface area (TPSA) is 37.4 Å². The van der Waals surface area contributed by atoms with Crippen LogP contribution in [0.15, 0.2) is 0 Å². The standard InChI is InChI=1S/C9H13Cl2NO2/c1-9(4-2-3-5-9)6-12(7(10)13)8(11)14/h2-6H2,1H3. The van der Waals surface area contributed by atoms with Crippen LogP contribution in [0.2, 0.25) is 0 Å². The number of hydrogen-bond donors (Lipinski definition) is 0. The molecule has 0 aromatic rings. The molecule has 0 bridgehead atoms. The number of carbonyl (C=O) groups excluding carboxylic acids is 2. The summed E-state index contributed by atoms with van der Waals surface area (Å²) in [4.78, 5) is 22.7. The van der Waals surface area contributed by atoms with Crippen molar-refractivity contribution in [1.82, 2.24) is 4.90 Å². The summed E-state index contributed by atoms with van der Waals surface area (Å²) >= 11 is 10.5. The molecule has 5 heteroatoms. The van der Waals surface area contributed by atoms with Crippen LogP contribution >= 0.6 is 23.2 Å². The van der Waals surface area contributed by atoms with Crippen LogP contribution < -0.4 is 0 Å². The normalized spacial score (nSPS) is 19.4. The molecule has 80 valence electrons. The van der Waals surface area contributed by atoms with Crippen LogP contribution in [-0.2, 0) is 0 Å². The van der Waals surface area contributed by atoms with Crippen molar-refractivity contribution in [2.45, 2.75) is 32.6 Å². The molecule has 1 rings (SSSR count). The van der Waals surface area contributed by atoms with Crippen molar-refractivity contribution >= 4 is 33.9 Å². The zero-order valence-corrected chi connectivity index (χ0v) is 9.57. The molecular formula is C9H13Cl2NO2. The van der Waals surface area contributed by atoms with E-state index in [2.05, 4.69) is 0 Å². The summed E-state index contributed by atoms with van der Waals surface area (Å²) in [6, 6.07) is 0. The number of amides is 2. The fraction of sp³-hybridized carbons (Fsp3) is 0.778. The van der Waals surface area contributed by atoms with Gasteiger partial charge in [-0.05, 0) is 41.5 Å². The highest BCUT2D eigenvalue weighted by molar-refractivity contribution is 6.70. The van der Waals surface area contributed by atoms with Gasteiger partial charge in [-0.15, -0.1) is 0 Å². The van der Waals surface area contributed by atoms with Crippen molar-refractivity contribution in [2.24, 2.45) is 5.41 Å². The molecular weight excluding hydrogens is 225 g/mol. The quantitative estimate of drug-likeness (QED) is 0.544. The molecule has 3 nitrogen and oxygen atoms in total. The first-order valence-corrected chi connectivity index (χ1v) is 5.37. The summed E-state index contributed by atoms with van der Waals surface area (Å²) in [5.74, 6) is 0. The average Bonchev–Trinajstić information content (AvgIpc) is 2.48. The first-order valence-electron chi connectivity index (χ1n) is 4.61. The summed E-state index contributed by atoms with van der Waals surface area (Å²) < 4.78 is 0. The molecule has 0 saturated heterocycles. The molecule has 1 fully saturated rings. The lowest BCUT2D eigenvalue weighted by atomic mass is 9.88. The van der Waals surface area contributed by atoms with Crippen LogP contribution in [0.3, 0.4) is 0 Å². The largest absolute Gasteiger partial charge is 0.324 e. The van der Waals surface area contributed by atoms with Crippen LogP contribution in [0.25, 0.3) is 0 Å². The summed E-state index contributed by atoms with van der Waals surface area (Å²) in [6.07, 6.45) is 4.30. The van der Waals surface area contributed by atoms with Gasteiger partial charge in [-0.2, -0.15) is 0 Å². The van der Waals surface area contributed by atoms with Gasteiger partial charge >= 0.3 is 10.7 Å². The van der Waals surface area contributed by atoms with Crippen LogP contribution in [-0.4, -0.2) is 22.2 Å². The van der Waals surface area contributed by atoms with E-state index in [1.54, 1.807) is 0 Å².